The average molecular weight is 960 g/mol. The molecule has 0 saturated carbocycles. The molecule has 6 heteroatoms. The standard InChI is InChI=1S/C69H50BN5/c1-68(2,3)42-25-29-44(30-26-42)74-56-33-41(67-72-37-71-38-73-67)34-57-66(56)70(64-52-23-11-21-48-46-17-7-13-39-15-9-19-50(60(39)46)54(62(48)52)35-58(64)74)65-53-24-12-22-49-47-18-8-14-40-16-10-20-51(61(40)47)55(63(49)53)36-59(65)75(57)45-31-27-43(28-32-45)69(4,5)6/h7-38H,1-6H3. The number of hydrogen-bond donors (Lipinski definition) is 0. The fraction of sp³-hybridized carbons (Fsp3) is 0.116. The number of anilines is 6. The Kier molecular flexibility index (Phi) is 8.46. The van der Waals surface area contributed by atoms with Gasteiger partial charge in [-0.15, -0.1) is 0 Å². The highest BCUT2D eigenvalue weighted by atomic mass is 15.2. The second-order valence-corrected chi connectivity index (χ2v) is 23.2. The maximum Gasteiger partial charge on any atom is 0.253 e. The average Bonchev–Trinajstić information content (AvgIpc) is 3.46. The summed E-state index contributed by atoms with van der Waals surface area (Å²) in [5.41, 5.74) is 14.1. The van der Waals surface area contributed by atoms with Crippen LogP contribution in [0.25, 0.3) is 97.6 Å². The number of aromatic nitrogens is 3. The summed E-state index contributed by atoms with van der Waals surface area (Å²) in [4.78, 5) is 19.2. The molecule has 0 aliphatic carbocycles. The SMILES string of the molecule is CC(C)(C)c1ccc(N2c3cc(-c4ncncn4)cc4c3B(c3c2cc2c5cccc6cccc(c7cccc3c72)c65)c2c(cc3c5cccc6cccc(c7cccc2c73)c65)N4c2ccc(C(C)(C)C)cc2)cc1. The van der Waals surface area contributed by atoms with Gasteiger partial charge in [0.15, 0.2) is 5.82 Å². The largest absolute Gasteiger partial charge is 0.311 e. The van der Waals surface area contributed by atoms with E-state index in [1.165, 1.54) is 125 Å². The van der Waals surface area contributed by atoms with E-state index in [-0.39, 0.29) is 17.5 Å². The maximum atomic E-state index is 4.87. The molecule has 2 aliphatic rings. The fourth-order valence-electron chi connectivity index (χ4n) is 13.7. The fourth-order valence-corrected chi connectivity index (χ4v) is 13.7. The van der Waals surface area contributed by atoms with Crippen molar-refractivity contribution in [3.63, 3.8) is 0 Å². The molecule has 0 radical (unpaired) electrons. The predicted octanol–water partition coefficient (Wildman–Crippen LogP) is 16.3. The van der Waals surface area contributed by atoms with Gasteiger partial charge in [-0.25, -0.2) is 15.0 Å². The van der Waals surface area contributed by atoms with Gasteiger partial charge in [-0.2, -0.15) is 0 Å². The Labute approximate surface area is 435 Å². The summed E-state index contributed by atoms with van der Waals surface area (Å²) < 4.78 is 0. The summed E-state index contributed by atoms with van der Waals surface area (Å²) in [6.45, 7) is 13.6. The van der Waals surface area contributed by atoms with Crippen molar-refractivity contribution < 1.29 is 0 Å². The lowest BCUT2D eigenvalue weighted by atomic mass is 9.32. The van der Waals surface area contributed by atoms with Gasteiger partial charge in [0.2, 0.25) is 0 Å². The van der Waals surface area contributed by atoms with Crippen molar-refractivity contribution >= 4 is 143 Å². The Hall–Kier alpha value is -8.87. The molecule has 0 unspecified atom stereocenters. The third-order valence-electron chi connectivity index (χ3n) is 17.0. The van der Waals surface area contributed by atoms with E-state index in [0.29, 0.717) is 5.82 Å². The van der Waals surface area contributed by atoms with Crippen LogP contribution in [-0.2, 0) is 10.8 Å². The smallest absolute Gasteiger partial charge is 0.253 e. The molecule has 16 rings (SSSR count). The molecular weight excluding hydrogens is 910 g/mol. The second kappa shape index (κ2) is 14.9. The zero-order valence-electron chi connectivity index (χ0n) is 42.8. The van der Waals surface area contributed by atoms with Gasteiger partial charge in [0, 0.05) is 39.7 Å². The van der Waals surface area contributed by atoms with E-state index < -0.39 is 0 Å². The number of fused-ring (bicyclic) bond motifs is 10. The van der Waals surface area contributed by atoms with E-state index >= 15 is 0 Å². The Balaban J connectivity index is 1.13. The zero-order chi connectivity index (χ0) is 50.2. The lowest BCUT2D eigenvalue weighted by Gasteiger charge is -2.45. The van der Waals surface area contributed by atoms with Crippen LogP contribution in [0.1, 0.15) is 52.7 Å². The topological polar surface area (TPSA) is 45.2 Å². The van der Waals surface area contributed by atoms with Crippen LogP contribution >= 0.6 is 0 Å². The van der Waals surface area contributed by atoms with E-state index in [2.05, 4.69) is 238 Å². The molecule has 14 aromatic rings. The molecule has 13 aromatic carbocycles. The Bertz CT molecular complexity index is 4440. The normalized spacial score (nSPS) is 13.7. The van der Waals surface area contributed by atoms with Gasteiger partial charge in [0.25, 0.3) is 6.71 Å². The molecule has 0 amide bonds. The third-order valence-corrected chi connectivity index (χ3v) is 17.0. The number of rotatable bonds is 3. The lowest BCUT2D eigenvalue weighted by Crippen LogP contribution is -2.61. The molecule has 0 spiro atoms. The van der Waals surface area contributed by atoms with E-state index in [1.54, 1.807) is 12.7 Å². The van der Waals surface area contributed by atoms with Gasteiger partial charge in [0.05, 0.1) is 0 Å². The Morgan fingerprint density at radius 3 is 1.09 bits per heavy atom. The minimum absolute atomic E-state index is 0.0236. The molecule has 0 bridgehead atoms. The van der Waals surface area contributed by atoms with Gasteiger partial charge in [-0.1, -0.05) is 175 Å². The lowest BCUT2D eigenvalue weighted by molar-refractivity contribution is 0.590. The highest BCUT2D eigenvalue weighted by Crippen LogP contribution is 2.52. The van der Waals surface area contributed by atoms with Gasteiger partial charge in [0.1, 0.15) is 12.7 Å². The molecular formula is C69H50BN5. The minimum Gasteiger partial charge on any atom is -0.311 e. The van der Waals surface area contributed by atoms with Crippen LogP contribution in [0.15, 0.2) is 195 Å². The molecule has 3 heterocycles. The Morgan fingerprint density at radius 1 is 0.347 bits per heavy atom. The van der Waals surface area contributed by atoms with Crippen LogP contribution in [-0.4, -0.2) is 21.7 Å². The molecule has 1 aromatic heterocycles. The molecule has 0 N–H and O–H groups in total. The van der Waals surface area contributed by atoms with Gasteiger partial charge < -0.3 is 9.80 Å². The summed E-state index contributed by atoms with van der Waals surface area (Å²) in [5.74, 6) is 0.631. The first kappa shape index (κ1) is 42.6. The first-order valence-corrected chi connectivity index (χ1v) is 26.4. The first-order valence-electron chi connectivity index (χ1n) is 26.4. The Morgan fingerprint density at radius 2 is 0.693 bits per heavy atom. The van der Waals surface area contributed by atoms with E-state index in [1.807, 2.05) is 0 Å². The molecule has 5 nitrogen and oxygen atoms in total. The summed E-state index contributed by atoms with van der Waals surface area (Å²) in [5, 5.41) is 20.5. The summed E-state index contributed by atoms with van der Waals surface area (Å²) >= 11 is 0. The number of hydrogen-bond acceptors (Lipinski definition) is 5. The van der Waals surface area contributed by atoms with Crippen LogP contribution in [0.5, 0.6) is 0 Å². The van der Waals surface area contributed by atoms with Crippen LogP contribution in [0.3, 0.4) is 0 Å². The van der Waals surface area contributed by atoms with Gasteiger partial charge in [-0.05, 0) is 173 Å². The number of benzene rings is 13. The van der Waals surface area contributed by atoms with Crippen molar-refractivity contribution in [2.45, 2.75) is 52.4 Å². The maximum absolute atomic E-state index is 4.87. The molecule has 0 fully saturated rings. The third kappa shape index (κ3) is 5.82. The summed E-state index contributed by atoms with van der Waals surface area (Å²) in [6, 6.07) is 69.9. The van der Waals surface area contributed by atoms with Crippen LogP contribution in [0.2, 0.25) is 0 Å². The quantitative estimate of drug-likeness (QED) is 0.100. The van der Waals surface area contributed by atoms with E-state index in [0.717, 1.165) is 28.3 Å². The zero-order valence-corrected chi connectivity index (χ0v) is 42.8. The first-order chi connectivity index (χ1) is 36.5. The molecule has 0 saturated heterocycles. The highest BCUT2D eigenvalue weighted by molar-refractivity contribution is 7.03. The van der Waals surface area contributed by atoms with Crippen molar-refractivity contribution in [1.29, 1.82) is 0 Å². The van der Waals surface area contributed by atoms with E-state index in [9.17, 15) is 0 Å². The molecule has 0 atom stereocenters. The minimum atomic E-state index is -0.183. The van der Waals surface area contributed by atoms with Gasteiger partial charge in [-0.3, -0.25) is 0 Å². The van der Waals surface area contributed by atoms with Crippen LogP contribution in [0.4, 0.5) is 34.1 Å². The predicted molar refractivity (Wildman–Crippen MR) is 319 cm³/mol. The highest BCUT2D eigenvalue weighted by Gasteiger charge is 2.46. The van der Waals surface area contributed by atoms with Crippen molar-refractivity contribution in [2.24, 2.45) is 0 Å². The monoisotopic (exact) mass is 959 g/mol. The van der Waals surface area contributed by atoms with Crippen molar-refractivity contribution in [2.75, 3.05) is 9.80 Å². The molecule has 75 heavy (non-hydrogen) atoms. The van der Waals surface area contributed by atoms with Gasteiger partial charge >= 0.3 is 0 Å². The van der Waals surface area contributed by atoms with Crippen molar-refractivity contribution in [3.05, 3.63) is 206 Å². The van der Waals surface area contributed by atoms with E-state index in [4.69, 9.17) is 9.97 Å². The van der Waals surface area contributed by atoms with Crippen LogP contribution in [0, 0.1) is 0 Å². The summed E-state index contributed by atoms with van der Waals surface area (Å²) in [6.07, 6.45) is 3.24. The van der Waals surface area contributed by atoms with Crippen LogP contribution < -0.4 is 26.2 Å². The molecule has 354 valence electrons. The van der Waals surface area contributed by atoms with Crippen molar-refractivity contribution in [3.8, 4) is 11.4 Å². The second-order valence-electron chi connectivity index (χ2n) is 23.2. The number of nitrogens with zero attached hydrogens (tertiary/aromatic N) is 5. The molecule has 2 aliphatic heterocycles. The summed E-state index contributed by atoms with van der Waals surface area (Å²) in [7, 11) is 0. The van der Waals surface area contributed by atoms with Crippen molar-refractivity contribution in [1.82, 2.24) is 15.0 Å².